The largest absolute Gasteiger partial charge is 0.328 e. The van der Waals surface area contributed by atoms with Gasteiger partial charge in [0.2, 0.25) is 0 Å². The summed E-state index contributed by atoms with van der Waals surface area (Å²) >= 11 is 5.94. The van der Waals surface area contributed by atoms with Gasteiger partial charge in [-0.25, -0.2) is 9.78 Å². The SMILES string of the molecule is C[C@H](NC(=O)N(c1ccccc1)c1ccccc1)c1nc(-c2ccc(Cl)cc2)n[nH]1. The van der Waals surface area contributed by atoms with Gasteiger partial charge in [0.25, 0.3) is 0 Å². The minimum atomic E-state index is -0.374. The number of carbonyl (C=O) groups is 1. The van der Waals surface area contributed by atoms with Crippen LogP contribution in [0.1, 0.15) is 18.8 Å². The molecule has 6 nitrogen and oxygen atoms in total. The average molecular weight is 418 g/mol. The molecule has 0 saturated heterocycles. The number of nitrogens with zero attached hydrogens (tertiary/aromatic N) is 3. The maximum atomic E-state index is 13.2. The second-order valence-electron chi connectivity index (χ2n) is 6.73. The molecule has 0 aliphatic rings. The first-order valence-electron chi connectivity index (χ1n) is 9.51. The van der Waals surface area contributed by atoms with Gasteiger partial charge in [-0.2, -0.15) is 5.10 Å². The van der Waals surface area contributed by atoms with Crippen molar-refractivity contribution in [2.45, 2.75) is 13.0 Å². The highest BCUT2D eigenvalue weighted by Crippen LogP contribution is 2.26. The van der Waals surface area contributed by atoms with Crippen molar-refractivity contribution in [3.63, 3.8) is 0 Å². The Morgan fingerprint density at radius 2 is 1.50 bits per heavy atom. The van der Waals surface area contributed by atoms with Crippen molar-refractivity contribution < 1.29 is 4.79 Å². The molecule has 1 atom stereocenters. The number of H-pyrrole nitrogens is 1. The molecule has 2 amide bonds. The monoisotopic (exact) mass is 417 g/mol. The molecule has 2 N–H and O–H groups in total. The molecule has 0 fully saturated rings. The van der Waals surface area contributed by atoms with Gasteiger partial charge in [0, 0.05) is 10.6 Å². The molecule has 4 aromatic rings. The molecule has 0 aliphatic carbocycles. The highest BCUT2D eigenvalue weighted by atomic mass is 35.5. The van der Waals surface area contributed by atoms with Crippen LogP contribution in [0.5, 0.6) is 0 Å². The molecule has 7 heteroatoms. The molecule has 4 rings (SSSR count). The lowest BCUT2D eigenvalue weighted by molar-refractivity contribution is 0.245. The second-order valence-corrected chi connectivity index (χ2v) is 7.17. The third-order valence-electron chi connectivity index (χ3n) is 4.59. The number of nitrogens with one attached hydrogen (secondary N) is 2. The van der Waals surface area contributed by atoms with Crippen LogP contribution in [-0.4, -0.2) is 21.2 Å². The Kier molecular flexibility index (Phi) is 5.77. The van der Waals surface area contributed by atoms with Gasteiger partial charge in [-0.05, 0) is 55.5 Å². The van der Waals surface area contributed by atoms with Crippen LogP contribution in [-0.2, 0) is 0 Å². The van der Waals surface area contributed by atoms with Crippen LogP contribution in [0.25, 0.3) is 11.4 Å². The first-order chi connectivity index (χ1) is 14.6. The fourth-order valence-corrected chi connectivity index (χ4v) is 3.18. The maximum Gasteiger partial charge on any atom is 0.327 e. The van der Waals surface area contributed by atoms with Gasteiger partial charge in [0.05, 0.1) is 17.4 Å². The molecular formula is C23H20ClN5O. The summed E-state index contributed by atoms with van der Waals surface area (Å²) in [5.74, 6) is 1.11. The molecule has 1 aromatic heterocycles. The van der Waals surface area contributed by atoms with E-state index in [0.717, 1.165) is 16.9 Å². The van der Waals surface area contributed by atoms with Gasteiger partial charge < -0.3 is 5.32 Å². The van der Waals surface area contributed by atoms with Crippen molar-refractivity contribution in [3.8, 4) is 11.4 Å². The van der Waals surface area contributed by atoms with Crippen LogP contribution in [0.4, 0.5) is 16.2 Å². The van der Waals surface area contributed by atoms with Crippen molar-refractivity contribution in [2.75, 3.05) is 4.90 Å². The molecule has 0 aliphatic heterocycles. The van der Waals surface area contributed by atoms with Crippen LogP contribution in [0.3, 0.4) is 0 Å². The van der Waals surface area contributed by atoms with Crippen molar-refractivity contribution in [1.29, 1.82) is 0 Å². The van der Waals surface area contributed by atoms with E-state index in [-0.39, 0.29) is 12.1 Å². The minimum Gasteiger partial charge on any atom is -0.328 e. The van der Waals surface area contributed by atoms with E-state index in [1.165, 1.54) is 0 Å². The fraction of sp³-hybridized carbons (Fsp3) is 0.0870. The lowest BCUT2D eigenvalue weighted by atomic mass is 10.2. The smallest absolute Gasteiger partial charge is 0.327 e. The van der Waals surface area contributed by atoms with Crippen LogP contribution in [0.15, 0.2) is 84.9 Å². The van der Waals surface area contributed by atoms with Crippen LogP contribution < -0.4 is 10.2 Å². The van der Waals surface area contributed by atoms with E-state index in [2.05, 4.69) is 20.5 Å². The Hall–Kier alpha value is -3.64. The summed E-state index contributed by atoms with van der Waals surface area (Å²) in [6.07, 6.45) is 0. The van der Waals surface area contributed by atoms with Crippen LogP contribution >= 0.6 is 11.6 Å². The van der Waals surface area contributed by atoms with Crippen molar-refractivity contribution in [3.05, 3.63) is 95.8 Å². The molecule has 0 spiro atoms. The number of anilines is 2. The first-order valence-corrected chi connectivity index (χ1v) is 9.88. The summed E-state index contributed by atoms with van der Waals surface area (Å²) < 4.78 is 0. The lowest BCUT2D eigenvalue weighted by Crippen LogP contribution is -2.38. The van der Waals surface area contributed by atoms with Crippen molar-refractivity contribution >= 4 is 29.0 Å². The zero-order valence-electron chi connectivity index (χ0n) is 16.3. The van der Waals surface area contributed by atoms with Gasteiger partial charge in [-0.3, -0.25) is 10.00 Å². The quantitative estimate of drug-likeness (QED) is 0.435. The highest BCUT2D eigenvalue weighted by molar-refractivity contribution is 6.30. The molecule has 0 unspecified atom stereocenters. The summed E-state index contributed by atoms with van der Waals surface area (Å²) in [5.41, 5.74) is 2.39. The van der Waals surface area contributed by atoms with Gasteiger partial charge in [-0.15, -0.1) is 0 Å². The Morgan fingerprint density at radius 1 is 0.933 bits per heavy atom. The van der Waals surface area contributed by atoms with E-state index < -0.39 is 0 Å². The van der Waals surface area contributed by atoms with Crippen molar-refractivity contribution in [1.82, 2.24) is 20.5 Å². The summed E-state index contributed by atoms with van der Waals surface area (Å²) in [6.45, 7) is 1.86. The predicted molar refractivity (Wildman–Crippen MR) is 119 cm³/mol. The Labute approximate surface area is 179 Å². The number of amides is 2. The zero-order valence-corrected chi connectivity index (χ0v) is 17.0. The topological polar surface area (TPSA) is 73.9 Å². The standard InChI is InChI=1S/C23H20ClN5O/c1-16(21-26-22(28-27-21)17-12-14-18(24)15-13-17)25-23(30)29(19-8-4-2-5-9-19)20-10-6-3-7-11-20/h2-16H,1H3,(H,25,30)(H,26,27,28)/t16-/m0/s1. The predicted octanol–water partition coefficient (Wildman–Crippen LogP) is 5.73. The number of hydrogen-bond acceptors (Lipinski definition) is 3. The summed E-state index contributed by atoms with van der Waals surface area (Å²) in [5, 5.41) is 10.8. The third-order valence-corrected chi connectivity index (χ3v) is 4.84. The maximum absolute atomic E-state index is 13.2. The molecule has 150 valence electrons. The number of hydrogen-bond donors (Lipinski definition) is 2. The molecule has 1 heterocycles. The second kappa shape index (κ2) is 8.80. The molecule has 3 aromatic carbocycles. The zero-order chi connectivity index (χ0) is 20.9. The number of benzene rings is 3. The van der Waals surface area contributed by atoms with E-state index >= 15 is 0 Å². The lowest BCUT2D eigenvalue weighted by Gasteiger charge is -2.25. The van der Waals surface area contributed by atoms with Crippen molar-refractivity contribution in [2.24, 2.45) is 0 Å². The molecule has 0 radical (unpaired) electrons. The number of aromatic nitrogens is 3. The van der Waals surface area contributed by atoms with Crippen LogP contribution in [0, 0.1) is 0 Å². The Morgan fingerprint density at radius 3 is 2.07 bits per heavy atom. The Bertz CT molecular complexity index is 1070. The molecule has 30 heavy (non-hydrogen) atoms. The van der Waals surface area contributed by atoms with E-state index in [1.54, 1.807) is 17.0 Å². The van der Waals surface area contributed by atoms with E-state index in [9.17, 15) is 4.79 Å². The van der Waals surface area contributed by atoms with Gasteiger partial charge >= 0.3 is 6.03 Å². The summed E-state index contributed by atoms with van der Waals surface area (Å²) in [6, 6.07) is 25.7. The number of carbonyl (C=O) groups excluding carboxylic acids is 1. The first kappa shape index (κ1) is 19.7. The number of urea groups is 1. The molecular weight excluding hydrogens is 398 g/mol. The fourth-order valence-electron chi connectivity index (χ4n) is 3.05. The number of rotatable bonds is 5. The third kappa shape index (κ3) is 4.34. The van der Waals surface area contributed by atoms with Gasteiger partial charge in [0.1, 0.15) is 5.82 Å². The highest BCUT2D eigenvalue weighted by Gasteiger charge is 2.21. The number of para-hydroxylation sites is 2. The molecule has 0 saturated carbocycles. The number of aromatic amines is 1. The van der Waals surface area contributed by atoms with Gasteiger partial charge in [-0.1, -0.05) is 48.0 Å². The van der Waals surface area contributed by atoms with E-state index in [1.807, 2.05) is 79.7 Å². The number of halogens is 1. The normalized spacial score (nSPS) is 11.7. The Balaban J connectivity index is 1.55. The van der Waals surface area contributed by atoms with Crippen LogP contribution in [0.2, 0.25) is 5.02 Å². The van der Waals surface area contributed by atoms with E-state index in [4.69, 9.17) is 11.6 Å². The summed E-state index contributed by atoms with van der Waals surface area (Å²) in [4.78, 5) is 19.3. The molecule has 0 bridgehead atoms. The summed E-state index contributed by atoms with van der Waals surface area (Å²) in [7, 11) is 0. The average Bonchev–Trinajstić information content (AvgIpc) is 3.26. The van der Waals surface area contributed by atoms with E-state index in [0.29, 0.717) is 16.7 Å². The van der Waals surface area contributed by atoms with Gasteiger partial charge in [0.15, 0.2) is 5.82 Å². The minimum absolute atomic E-state index is 0.260.